The minimum Gasteiger partial charge on any atom is -0.394 e. The van der Waals surface area contributed by atoms with Crippen LogP contribution in [-0.4, -0.2) is 42.3 Å². The highest BCUT2D eigenvalue weighted by molar-refractivity contribution is 5.22. The fourth-order valence-corrected chi connectivity index (χ4v) is 2.47. The van der Waals surface area contributed by atoms with Crippen LogP contribution in [0.5, 0.6) is 0 Å². The van der Waals surface area contributed by atoms with E-state index in [0.29, 0.717) is 5.56 Å². The smallest absolute Gasteiger partial charge is 0.127 e. The lowest BCUT2D eigenvalue weighted by atomic mass is 9.92. The molecule has 0 aliphatic heterocycles. The molecule has 1 aromatic carbocycles. The van der Waals surface area contributed by atoms with Crippen molar-refractivity contribution in [3.63, 3.8) is 0 Å². The van der Waals surface area contributed by atoms with E-state index in [1.165, 1.54) is 6.07 Å². The molecule has 120 valence electrons. The van der Waals surface area contributed by atoms with Gasteiger partial charge in [-0.1, -0.05) is 32.0 Å². The fourth-order valence-electron chi connectivity index (χ4n) is 2.47. The maximum absolute atomic E-state index is 14.1. The second-order valence-electron chi connectivity index (χ2n) is 6.39. The molecule has 21 heavy (non-hydrogen) atoms. The van der Waals surface area contributed by atoms with Gasteiger partial charge in [-0.3, -0.25) is 4.90 Å². The number of rotatable bonds is 8. The Balaban J connectivity index is 2.89. The minimum absolute atomic E-state index is 0.0341. The molecule has 2 unspecified atom stereocenters. The Morgan fingerprint density at radius 3 is 2.48 bits per heavy atom. The van der Waals surface area contributed by atoms with Crippen LogP contribution < -0.4 is 5.32 Å². The highest BCUT2D eigenvalue weighted by Gasteiger charge is 2.28. The molecular weight excluding hydrogens is 267 g/mol. The van der Waals surface area contributed by atoms with Gasteiger partial charge in [0.25, 0.3) is 0 Å². The van der Waals surface area contributed by atoms with E-state index in [9.17, 15) is 9.50 Å². The van der Waals surface area contributed by atoms with Gasteiger partial charge < -0.3 is 10.4 Å². The Kier molecular flexibility index (Phi) is 6.78. The highest BCUT2D eigenvalue weighted by atomic mass is 19.1. The Hall–Kier alpha value is -0.970. The number of aliphatic hydroxyl groups is 1. The predicted molar refractivity (Wildman–Crippen MR) is 85.8 cm³/mol. The molecule has 2 atom stereocenters. The largest absolute Gasteiger partial charge is 0.394 e. The molecule has 2 N–H and O–H groups in total. The Bertz CT molecular complexity index is 437. The van der Waals surface area contributed by atoms with E-state index < -0.39 is 0 Å². The molecule has 0 saturated carbocycles. The van der Waals surface area contributed by atoms with E-state index in [4.69, 9.17) is 0 Å². The third-order valence-corrected chi connectivity index (χ3v) is 4.22. The summed E-state index contributed by atoms with van der Waals surface area (Å²) in [7, 11) is 2.00. The van der Waals surface area contributed by atoms with Gasteiger partial charge in [0.15, 0.2) is 0 Å². The number of benzene rings is 1. The average molecular weight is 296 g/mol. The van der Waals surface area contributed by atoms with Gasteiger partial charge in [0.2, 0.25) is 0 Å². The molecule has 0 aliphatic carbocycles. The van der Waals surface area contributed by atoms with Crippen molar-refractivity contribution >= 4 is 0 Å². The van der Waals surface area contributed by atoms with Crippen LogP contribution in [0.3, 0.4) is 0 Å². The van der Waals surface area contributed by atoms with Crippen molar-refractivity contribution < 1.29 is 9.50 Å². The molecule has 0 radical (unpaired) electrons. The minimum atomic E-state index is -0.278. The van der Waals surface area contributed by atoms with Crippen molar-refractivity contribution in [2.75, 3.05) is 26.7 Å². The van der Waals surface area contributed by atoms with E-state index in [1.807, 2.05) is 40.0 Å². The molecule has 1 rings (SSSR count). The van der Waals surface area contributed by atoms with Crippen molar-refractivity contribution in [1.82, 2.24) is 10.2 Å². The molecule has 0 heterocycles. The standard InChI is InChI=1S/C17H29FN2O/c1-6-19-16(14-9-7-8-10-15(14)18)13(2)11-20(5)17(3,4)12-21/h7-10,13,16,19,21H,6,11-12H2,1-5H3. The predicted octanol–water partition coefficient (Wildman–Crippen LogP) is 2.82. The number of nitrogens with zero attached hydrogens (tertiary/aromatic N) is 1. The summed E-state index contributed by atoms with van der Waals surface area (Å²) in [6.07, 6.45) is 0. The zero-order valence-corrected chi connectivity index (χ0v) is 13.9. The van der Waals surface area contributed by atoms with Gasteiger partial charge in [-0.25, -0.2) is 4.39 Å². The number of likely N-dealkylation sites (N-methyl/N-ethyl adjacent to an activating group) is 1. The first-order valence-corrected chi connectivity index (χ1v) is 7.63. The summed E-state index contributed by atoms with van der Waals surface area (Å²) in [4.78, 5) is 2.13. The molecule has 0 saturated heterocycles. The summed E-state index contributed by atoms with van der Waals surface area (Å²) in [5.74, 6) is 0.0528. The first-order valence-electron chi connectivity index (χ1n) is 7.63. The summed E-state index contributed by atoms with van der Waals surface area (Å²) < 4.78 is 14.1. The van der Waals surface area contributed by atoms with Crippen molar-refractivity contribution in [1.29, 1.82) is 0 Å². The summed E-state index contributed by atoms with van der Waals surface area (Å²) in [6.45, 7) is 9.82. The van der Waals surface area contributed by atoms with Gasteiger partial charge in [-0.2, -0.15) is 0 Å². The first kappa shape index (κ1) is 18.1. The lowest BCUT2D eigenvalue weighted by molar-refractivity contribution is 0.0630. The molecule has 0 aromatic heterocycles. The summed E-state index contributed by atoms with van der Waals surface area (Å²) in [5, 5.41) is 12.8. The van der Waals surface area contributed by atoms with Crippen LogP contribution in [0.15, 0.2) is 24.3 Å². The Labute approximate surface area is 128 Å². The van der Waals surface area contributed by atoms with Crippen LogP contribution in [0.25, 0.3) is 0 Å². The molecular formula is C17H29FN2O. The number of halogens is 1. The van der Waals surface area contributed by atoms with Crippen LogP contribution in [-0.2, 0) is 0 Å². The normalized spacial score (nSPS) is 15.2. The fraction of sp³-hybridized carbons (Fsp3) is 0.647. The number of hydrogen-bond donors (Lipinski definition) is 2. The van der Waals surface area contributed by atoms with Gasteiger partial charge in [0.05, 0.1) is 6.61 Å². The van der Waals surface area contributed by atoms with Crippen LogP contribution in [0, 0.1) is 11.7 Å². The molecule has 1 aromatic rings. The van der Waals surface area contributed by atoms with Gasteiger partial charge in [-0.05, 0) is 39.4 Å². The zero-order chi connectivity index (χ0) is 16.0. The maximum atomic E-state index is 14.1. The number of aliphatic hydroxyl groups excluding tert-OH is 1. The lowest BCUT2D eigenvalue weighted by Gasteiger charge is -2.37. The van der Waals surface area contributed by atoms with Crippen molar-refractivity contribution in [3.05, 3.63) is 35.6 Å². The van der Waals surface area contributed by atoms with Gasteiger partial charge in [0.1, 0.15) is 5.82 Å². The topological polar surface area (TPSA) is 35.5 Å². The van der Waals surface area contributed by atoms with E-state index in [1.54, 1.807) is 6.07 Å². The SMILES string of the molecule is CCNC(c1ccccc1F)C(C)CN(C)C(C)(C)CO. The third kappa shape index (κ3) is 4.77. The van der Waals surface area contributed by atoms with Crippen LogP contribution >= 0.6 is 0 Å². The number of nitrogens with one attached hydrogen (secondary N) is 1. The maximum Gasteiger partial charge on any atom is 0.127 e. The Morgan fingerprint density at radius 2 is 1.95 bits per heavy atom. The van der Waals surface area contributed by atoms with Crippen LogP contribution in [0.2, 0.25) is 0 Å². The third-order valence-electron chi connectivity index (χ3n) is 4.22. The van der Waals surface area contributed by atoms with Gasteiger partial charge in [0, 0.05) is 23.7 Å². The van der Waals surface area contributed by atoms with E-state index in [0.717, 1.165) is 13.1 Å². The molecule has 0 aliphatic rings. The monoisotopic (exact) mass is 296 g/mol. The van der Waals surface area contributed by atoms with Crippen molar-refractivity contribution in [2.24, 2.45) is 5.92 Å². The van der Waals surface area contributed by atoms with Gasteiger partial charge in [-0.15, -0.1) is 0 Å². The summed E-state index contributed by atoms with van der Waals surface area (Å²) in [6, 6.07) is 6.90. The second-order valence-corrected chi connectivity index (χ2v) is 6.39. The summed E-state index contributed by atoms with van der Waals surface area (Å²) in [5.41, 5.74) is 0.433. The first-order chi connectivity index (χ1) is 9.83. The average Bonchev–Trinajstić information content (AvgIpc) is 2.45. The quantitative estimate of drug-likeness (QED) is 0.774. The van der Waals surface area contributed by atoms with Crippen molar-refractivity contribution in [2.45, 2.75) is 39.3 Å². The zero-order valence-electron chi connectivity index (χ0n) is 13.9. The molecule has 0 fully saturated rings. The molecule has 0 bridgehead atoms. The molecule has 0 amide bonds. The molecule has 0 spiro atoms. The van der Waals surface area contributed by atoms with E-state index >= 15 is 0 Å². The van der Waals surface area contributed by atoms with Crippen LogP contribution in [0.1, 0.15) is 39.3 Å². The highest BCUT2D eigenvalue weighted by Crippen LogP contribution is 2.26. The van der Waals surface area contributed by atoms with E-state index in [2.05, 4.69) is 17.1 Å². The number of hydrogen-bond acceptors (Lipinski definition) is 3. The lowest BCUT2D eigenvalue weighted by Crippen LogP contribution is -2.47. The molecule has 4 heteroatoms. The van der Waals surface area contributed by atoms with Crippen molar-refractivity contribution in [3.8, 4) is 0 Å². The summed E-state index contributed by atoms with van der Waals surface area (Å²) >= 11 is 0. The van der Waals surface area contributed by atoms with Gasteiger partial charge >= 0.3 is 0 Å². The molecule has 3 nitrogen and oxygen atoms in total. The van der Waals surface area contributed by atoms with Crippen LogP contribution in [0.4, 0.5) is 4.39 Å². The second kappa shape index (κ2) is 7.87. The van der Waals surface area contributed by atoms with E-state index in [-0.39, 0.29) is 29.9 Å². The Morgan fingerprint density at radius 1 is 1.33 bits per heavy atom.